The van der Waals surface area contributed by atoms with Crippen LogP contribution in [0.5, 0.6) is 0 Å². The monoisotopic (exact) mass is 295 g/mol. The Labute approximate surface area is 133 Å². The molecule has 22 heavy (non-hydrogen) atoms. The fraction of sp³-hybridized carbons (Fsp3) is 0.368. The molecule has 1 aliphatic rings. The van der Waals surface area contributed by atoms with Crippen molar-refractivity contribution in [2.24, 2.45) is 7.05 Å². The van der Waals surface area contributed by atoms with Gasteiger partial charge in [-0.05, 0) is 51.0 Å². The lowest BCUT2D eigenvalue weighted by molar-refractivity contribution is 0.152. The van der Waals surface area contributed by atoms with Gasteiger partial charge in [-0.25, -0.2) is 0 Å². The molecule has 116 valence electrons. The van der Waals surface area contributed by atoms with E-state index in [2.05, 4.69) is 104 Å². The Bertz CT molecular complexity index is 696. The summed E-state index contributed by atoms with van der Waals surface area (Å²) in [5.41, 5.74) is 2.66. The second-order valence-corrected chi connectivity index (χ2v) is 6.60. The van der Waals surface area contributed by atoms with Crippen LogP contribution in [-0.2, 0) is 12.6 Å². The maximum atomic E-state index is 2.43. The maximum Gasteiger partial charge on any atom is 0.114 e. The Morgan fingerprint density at radius 2 is 1.73 bits per heavy atom. The van der Waals surface area contributed by atoms with Crippen molar-refractivity contribution >= 4 is 5.82 Å². The van der Waals surface area contributed by atoms with E-state index in [9.17, 15) is 0 Å². The van der Waals surface area contributed by atoms with Crippen molar-refractivity contribution in [3.8, 4) is 0 Å². The molecule has 0 aliphatic carbocycles. The highest BCUT2D eigenvalue weighted by atomic mass is 15.4. The first-order valence-corrected chi connectivity index (χ1v) is 7.85. The van der Waals surface area contributed by atoms with E-state index in [-0.39, 0.29) is 11.7 Å². The number of nitrogens with zero attached hydrogens (tertiary/aromatic N) is 3. The van der Waals surface area contributed by atoms with E-state index in [1.807, 2.05) is 0 Å². The fourth-order valence-corrected chi connectivity index (χ4v) is 3.57. The van der Waals surface area contributed by atoms with Crippen LogP contribution in [0.1, 0.15) is 31.9 Å². The molecule has 0 fully saturated rings. The van der Waals surface area contributed by atoms with E-state index in [1.54, 1.807) is 0 Å². The summed E-state index contributed by atoms with van der Waals surface area (Å²) in [6.45, 7) is 9.04. The highest BCUT2D eigenvalue weighted by Crippen LogP contribution is 2.36. The molecule has 3 nitrogen and oxygen atoms in total. The van der Waals surface area contributed by atoms with E-state index in [4.69, 9.17) is 0 Å². The zero-order valence-electron chi connectivity index (χ0n) is 14.1. The van der Waals surface area contributed by atoms with E-state index >= 15 is 0 Å². The van der Waals surface area contributed by atoms with Gasteiger partial charge in [0.05, 0.1) is 5.54 Å². The van der Waals surface area contributed by atoms with Gasteiger partial charge >= 0.3 is 0 Å². The summed E-state index contributed by atoms with van der Waals surface area (Å²) in [5.74, 6) is 1.21. The lowest BCUT2D eigenvalue weighted by Crippen LogP contribution is -2.46. The Hall–Kier alpha value is -2.16. The summed E-state index contributed by atoms with van der Waals surface area (Å²) >= 11 is 0. The van der Waals surface area contributed by atoms with E-state index < -0.39 is 0 Å². The minimum absolute atomic E-state index is 0.0544. The lowest BCUT2D eigenvalue weighted by Gasteiger charge is -2.42. The summed E-state index contributed by atoms with van der Waals surface area (Å²) in [6.07, 6.45) is 6.76. The largest absolute Gasteiger partial charge is 0.347 e. The zero-order chi connectivity index (χ0) is 15.9. The van der Waals surface area contributed by atoms with Crippen molar-refractivity contribution < 1.29 is 0 Å². The van der Waals surface area contributed by atoms with Gasteiger partial charge in [0.2, 0.25) is 0 Å². The molecule has 1 aliphatic heterocycles. The molecule has 0 amide bonds. The highest BCUT2D eigenvalue weighted by molar-refractivity contribution is 5.47. The van der Waals surface area contributed by atoms with Crippen molar-refractivity contribution in [3.05, 3.63) is 66.1 Å². The molecule has 0 spiro atoms. The Morgan fingerprint density at radius 1 is 1.00 bits per heavy atom. The molecule has 2 heterocycles. The Balaban J connectivity index is 1.92. The van der Waals surface area contributed by atoms with Gasteiger partial charge in [0, 0.05) is 25.6 Å². The molecule has 0 saturated carbocycles. The first kappa shape index (κ1) is 14.8. The van der Waals surface area contributed by atoms with Crippen LogP contribution in [0, 0.1) is 6.92 Å². The SMILES string of the molecule is Cc1ccccc1C(C)(C)N1C=CN(c2cccn2C)[C@H]1C. The van der Waals surface area contributed by atoms with Gasteiger partial charge in [-0.2, -0.15) is 0 Å². The minimum Gasteiger partial charge on any atom is -0.347 e. The molecule has 3 heteroatoms. The molecule has 0 radical (unpaired) electrons. The molecule has 0 saturated heterocycles. The molecule has 2 aromatic rings. The number of aromatic nitrogens is 1. The first-order chi connectivity index (χ1) is 10.4. The molecule has 0 bridgehead atoms. The smallest absolute Gasteiger partial charge is 0.114 e. The number of hydrogen-bond acceptors (Lipinski definition) is 2. The topological polar surface area (TPSA) is 11.4 Å². The van der Waals surface area contributed by atoms with Crippen LogP contribution in [-0.4, -0.2) is 15.6 Å². The van der Waals surface area contributed by atoms with Crippen LogP contribution >= 0.6 is 0 Å². The zero-order valence-corrected chi connectivity index (χ0v) is 14.1. The third-order valence-corrected chi connectivity index (χ3v) is 4.82. The Kier molecular flexibility index (Phi) is 3.51. The normalized spacial score (nSPS) is 18.3. The summed E-state index contributed by atoms with van der Waals surface area (Å²) < 4.78 is 2.16. The minimum atomic E-state index is -0.0544. The summed E-state index contributed by atoms with van der Waals surface area (Å²) in [6, 6.07) is 12.9. The molecular formula is C19H25N3. The van der Waals surface area contributed by atoms with Gasteiger partial charge in [-0.1, -0.05) is 24.3 Å². The van der Waals surface area contributed by atoms with Crippen LogP contribution < -0.4 is 4.90 Å². The van der Waals surface area contributed by atoms with E-state index in [1.165, 1.54) is 16.9 Å². The highest BCUT2D eigenvalue weighted by Gasteiger charge is 2.36. The third-order valence-electron chi connectivity index (χ3n) is 4.82. The molecule has 1 aromatic heterocycles. The van der Waals surface area contributed by atoms with Crippen molar-refractivity contribution in [2.45, 2.75) is 39.4 Å². The molecule has 0 N–H and O–H groups in total. The van der Waals surface area contributed by atoms with E-state index in [0.717, 1.165) is 0 Å². The molecule has 1 aromatic carbocycles. The van der Waals surface area contributed by atoms with Crippen molar-refractivity contribution in [1.29, 1.82) is 0 Å². The van der Waals surface area contributed by atoms with Crippen LogP contribution in [0.4, 0.5) is 5.82 Å². The third kappa shape index (κ3) is 2.21. The average Bonchev–Trinajstić information content (AvgIpc) is 3.05. The van der Waals surface area contributed by atoms with Gasteiger partial charge in [0.1, 0.15) is 12.0 Å². The number of hydrogen-bond donors (Lipinski definition) is 0. The molecule has 1 atom stereocenters. The van der Waals surface area contributed by atoms with Crippen molar-refractivity contribution in [1.82, 2.24) is 9.47 Å². The number of anilines is 1. The van der Waals surface area contributed by atoms with Gasteiger partial charge < -0.3 is 14.4 Å². The fourth-order valence-electron chi connectivity index (χ4n) is 3.57. The Morgan fingerprint density at radius 3 is 2.36 bits per heavy atom. The molecular weight excluding hydrogens is 270 g/mol. The maximum absolute atomic E-state index is 2.43. The van der Waals surface area contributed by atoms with Gasteiger partial charge in [-0.3, -0.25) is 0 Å². The predicted molar refractivity (Wildman–Crippen MR) is 92.5 cm³/mol. The summed E-state index contributed by atoms with van der Waals surface area (Å²) in [4.78, 5) is 4.75. The number of benzene rings is 1. The number of rotatable bonds is 3. The first-order valence-electron chi connectivity index (χ1n) is 7.85. The standard InChI is InChI=1S/C19H25N3/c1-15-9-6-7-10-17(15)19(3,4)22-14-13-21(16(22)2)18-11-8-12-20(18)5/h6-14,16H,1-5H3/t16-/m1/s1. The van der Waals surface area contributed by atoms with Crippen molar-refractivity contribution in [2.75, 3.05) is 4.90 Å². The van der Waals surface area contributed by atoms with Gasteiger partial charge in [0.25, 0.3) is 0 Å². The van der Waals surface area contributed by atoms with Crippen LogP contribution in [0.3, 0.4) is 0 Å². The summed E-state index contributed by atoms with van der Waals surface area (Å²) in [5, 5.41) is 0. The summed E-state index contributed by atoms with van der Waals surface area (Å²) in [7, 11) is 2.09. The van der Waals surface area contributed by atoms with Gasteiger partial charge in [0.15, 0.2) is 0 Å². The van der Waals surface area contributed by atoms with Gasteiger partial charge in [-0.15, -0.1) is 0 Å². The van der Waals surface area contributed by atoms with Crippen LogP contribution in [0.15, 0.2) is 55.0 Å². The van der Waals surface area contributed by atoms with Crippen LogP contribution in [0.25, 0.3) is 0 Å². The molecule has 0 unspecified atom stereocenters. The van der Waals surface area contributed by atoms with Crippen LogP contribution in [0.2, 0.25) is 0 Å². The predicted octanol–water partition coefficient (Wildman–Crippen LogP) is 4.21. The lowest BCUT2D eigenvalue weighted by atomic mass is 9.88. The second-order valence-electron chi connectivity index (χ2n) is 6.60. The second kappa shape index (κ2) is 5.24. The quantitative estimate of drug-likeness (QED) is 0.840. The molecule has 3 rings (SSSR count). The van der Waals surface area contributed by atoms with Crippen molar-refractivity contribution in [3.63, 3.8) is 0 Å². The van der Waals surface area contributed by atoms with E-state index in [0.29, 0.717) is 0 Å². The number of aryl methyl sites for hydroxylation is 2. The average molecular weight is 295 g/mol.